The molecule has 0 heterocycles. The predicted molar refractivity (Wildman–Crippen MR) is 42.8 cm³/mol. The maximum Gasteiger partial charge on any atom is 0.422 e. The number of hydrogen-bond acceptors (Lipinski definition) is 4. The van der Waals surface area contributed by atoms with E-state index in [2.05, 4.69) is 9.47 Å². The van der Waals surface area contributed by atoms with Crippen LogP contribution in [0.3, 0.4) is 0 Å². The van der Waals surface area contributed by atoms with Gasteiger partial charge in [0.25, 0.3) is 0 Å². The Morgan fingerprint density at radius 2 is 1.87 bits per heavy atom. The van der Waals surface area contributed by atoms with E-state index in [1.165, 1.54) is 6.92 Å². The standard InChI is InChI=1S/C8H11F3O4/c1-5(7(13)14-2)3-6(12)15-4-8(9,10)11/h5H,3-4H2,1-2H3. The Morgan fingerprint density at radius 1 is 1.33 bits per heavy atom. The molecule has 15 heavy (non-hydrogen) atoms. The minimum Gasteiger partial charge on any atom is -0.469 e. The first-order valence-electron chi connectivity index (χ1n) is 4.06. The van der Waals surface area contributed by atoms with Gasteiger partial charge in [-0.05, 0) is 0 Å². The SMILES string of the molecule is COC(=O)C(C)CC(=O)OCC(F)(F)F. The largest absolute Gasteiger partial charge is 0.469 e. The first kappa shape index (κ1) is 13.7. The lowest BCUT2D eigenvalue weighted by Crippen LogP contribution is -2.23. The van der Waals surface area contributed by atoms with Crippen molar-refractivity contribution in [3.05, 3.63) is 0 Å². The average molecular weight is 228 g/mol. The van der Waals surface area contributed by atoms with Gasteiger partial charge in [-0.1, -0.05) is 6.92 Å². The summed E-state index contributed by atoms with van der Waals surface area (Å²) < 4.78 is 43.0. The summed E-state index contributed by atoms with van der Waals surface area (Å²) in [6.45, 7) is -0.277. The lowest BCUT2D eigenvalue weighted by molar-refractivity contribution is -0.187. The molecule has 0 bridgehead atoms. The monoisotopic (exact) mass is 228 g/mol. The second-order valence-corrected chi connectivity index (χ2v) is 2.90. The molecule has 0 saturated heterocycles. The van der Waals surface area contributed by atoms with Gasteiger partial charge in [-0.15, -0.1) is 0 Å². The molecule has 0 aromatic heterocycles. The van der Waals surface area contributed by atoms with Crippen LogP contribution >= 0.6 is 0 Å². The van der Waals surface area contributed by atoms with Crippen molar-refractivity contribution in [1.29, 1.82) is 0 Å². The number of esters is 2. The summed E-state index contributed by atoms with van der Waals surface area (Å²) in [6, 6.07) is 0. The van der Waals surface area contributed by atoms with E-state index in [1.807, 2.05) is 0 Å². The fourth-order valence-electron chi connectivity index (χ4n) is 0.756. The maximum absolute atomic E-state index is 11.6. The van der Waals surface area contributed by atoms with Gasteiger partial charge >= 0.3 is 18.1 Å². The van der Waals surface area contributed by atoms with Crippen LogP contribution < -0.4 is 0 Å². The minimum atomic E-state index is -4.55. The summed E-state index contributed by atoms with van der Waals surface area (Å²) in [7, 11) is 1.12. The van der Waals surface area contributed by atoms with Crippen LogP contribution in [-0.4, -0.2) is 31.8 Å². The van der Waals surface area contributed by atoms with Crippen LogP contribution in [0.1, 0.15) is 13.3 Å². The number of rotatable bonds is 4. The Kier molecular flexibility index (Phi) is 5.10. The molecule has 0 aliphatic heterocycles. The Bertz CT molecular complexity index is 237. The fraction of sp³-hybridized carbons (Fsp3) is 0.750. The van der Waals surface area contributed by atoms with Gasteiger partial charge in [0.05, 0.1) is 19.4 Å². The van der Waals surface area contributed by atoms with Crippen molar-refractivity contribution in [2.24, 2.45) is 5.92 Å². The third-order valence-electron chi connectivity index (χ3n) is 1.47. The van der Waals surface area contributed by atoms with Gasteiger partial charge in [-0.2, -0.15) is 13.2 Å². The molecule has 0 amide bonds. The Hall–Kier alpha value is -1.27. The molecule has 88 valence electrons. The Labute approximate surface area is 84.3 Å². The molecule has 1 atom stereocenters. The summed E-state index contributed by atoms with van der Waals surface area (Å²) in [4.78, 5) is 21.6. The highest BCUT2D eigenvalue weighted by Gasteiger charge is 2.30. The van der Waals surface area contributed by atoms with Crippen LogP contribution in [0.15, 0.2) is 0 Å². The van der Waals surface area contributed by atoms with Crippen LogP contribution in [0.2, 0.25) is 0 Å². The van der Waals surface area contributed by atoms with Crippen molar-refractivity contribution in [3.8, 4) is 0 Å². The molecule has 0 saturated carbocycles. The molecule has 4 nitrogen and oxygen atoms in total. The van der Waals surface area contributed by atoms with Crippen molar-refractivity contribution in [2.75, 3.05) is 13.7 Å². The van der Waals surface area contributed by atoms with Crippen molar-refractivity contribution >= 4 is 11.9 Å². The lowest BCUT2D eigenvalue weighted by Gasteiger charge is -2.10. The van der Waals surface area contributed by atoms with E-state index in [0.717, 1.165) is 7.11 Å². The minimum absolute atomic E-state index is 0.428. The molecule has 0 aliphatic rings. The molecule has 0 fully saturated rings. The molecule has 0 radical (unpaired) electrons. The zero-order chi connectivity index (χ0) is 12.1. The second kappa shape index (κ2) is 5.57. The third-order valence-corrected chi connectivity index (χ3v) is 1.47. The summed E-state index contributed by atoms with van der Waals surface area (Å²) in [5.74, 6) is -2.56. The molecule has 7 heteroatoms. The molecular weight excluding hydrogens is 217 g/mol. The van der Waals surface area contributed by atoms with Crippen LogP contribution in [-0.2, 0) is 19.1 Å². The fourth-order valence-corrected chi connectivity index (χ4v) is 0.756. The van der Waals surface area contributed by atoms with E-state index in [9.17, 15) is 22.8 Å². The number of carbonyl (C=O) groups excluding carboxylic acids is 2. The number of ether oxygens (including phenoxy) is 2. The topological polar surface area (TPSA) is 52.6 Å². The second-order valence-electron chi connectivity index (χ2n) is 2.90. The van der Waals surface area contributed by atoms with Gasteiger partial charge in [0.15, 0.2) is 6.61 Å². The molecule has 0 spiro atoms. The zero-order valence-corrected chi connectivity index (χ0v) is 8.26. The number of alkyl halides is 3. The summed E-state index contributed by atoms with van der Waals surface area (Å²) in [5.41, 5.74) is 0. The number of halogens is 3. The van der Waals surface area contributed by atoms with Crippen LogP contribution in [0, 0.1) is 5.92 Å². The first-order chi connectivity index (χ1) is 6.76. The van der Waals surface area contributed by atoms with Crippen molar-refractivity contribution < 1.29 is 32.2 Å². The quantitative estimate of drug-likeness (QED) is 0.680. The van der Waals surface area contributed by atoms with Gasteiger partial charge in [0.2, 0.25) is 0 Å². The van der Waals surface area contributed by atoms with E-state index in [4.69, 9.17) is 0 Å². The lowest BCUT2D eigenvalue weighted by atomic mass is 10.1. The number of methoxy groups -OCH3 is 1. The number of carbonyl (C=O) groups is 2. The maximum atomic E-state index is 11.6. The van der Waals surface area contributed by atoms with Gasteiger partial charge in [-0.25, -0.2) is 0 Å². The van der Waals surface area contributed by atoms with E-state index in [1.54, 1.807) is 0 Å². The molecule has 0 aromatic rings. The van der Waals surface area contributed by atoms with E-state index in [-0.39, 0.29) is 0 Å². The van der Waals surface area contributed by atoms with Crippen LogP contribution in [0.5, 0.6) is 0 Å². The average Bonchev–Trinajstić information content (AvgIpc) is 2.12. The zero-order valence-electron chi connectivity index (χ0n) is 8.26. The first-order valence-corrected chi connectivity index (χ1v) is 4.06. The van der Waals surface area contributed by atoms with E-state index < -0.39 is 37.1 Å². The molecule has 0 aliphatic carbocycles. The molecule has 1 unspecified atom stereocenters. The van der Waals surface area contributed by atoms with Gasteiger partial charge in [-0.3, -0.25) is 9.59 Å². The van der Waals surface area contributed by atoms with Gasteiger partial charge < -0.3 is 9.47 Å². The summed E-state index contributed by atoms with van der Waals surface area (Å²) >= 11 is 0. The molecule has 0 aromatic carbocycles. The Balaban J connectivity index is 3.89. The molecular formula is C8H11F3O4. The normalized spacial score (nSPS) is 13.1. The third kappa shape index (κ3) is 6.75. The molecule has 0 N–H and O–H groups in total. The number of hydrogen-bond donors (Lipinski definition) is 0. The molecule has 0 rings (SSSR count). The predicted octanol–water partition coefficient (Wildman–Crippen LogP) is 1.29. The Morgan fingerprint density at radius 3 is 2.27 bits per heavy atom. The van der Waals surface area contributed by atoms with Gasteiger partial charge in [0.1, 0.15) is 0 Å². The summed E-state index contributed by atoms with van der Waals surface area (Å²) in [5, 5.41) is 0. The van der Waals surface area contributed by atoms with Crippen molar-refractivity contribution in [2.45, 2.75) is 19.5 Å². The van der Waals surface area contributed by atoms with Crippen LogP contribution in [0.4, 0.5) is 13.2 Å². The highest BCUT2D eigenvalue weighted by Crippen LogP contribution is 2.15. The smallest absolute Gasteiger partial charge is 0.422 e. The highest BCUT2D eigenvalue weighted by molar-refractivity contribution is 5.79. The van der Waals surface area contributed by atoms with Crippen molar-refractivity contribution in [1.82, 2.24) is 0 Å². The van der Waals surface area contributed by atoms with Crippen molar-refractivity contribution in [3.63, 3.8) is 0 Å². The van der Waals surface area contributed by atoms with Crippen LogP contribution in [0.25, 0.3) is 0 Å². The highest BCUT2D eigenvalue weighted by atomic mass is 19.4. The van der Waals surface area contributed by atoms with Gasteiger partial charge in [0, 0.05) is 0 Å². The van der Waals surface area contributed by atoms with E-state index >= 15 is 0 Å². The van der Waals surface area contributed by atoms with E-state index in [0.29, 0.717) is 0 Å². The summed E-state index contributed by atoms with van der Waals surface area (Å²) in [6.07, 6.45) is -4.98.